The second kappa shape index (κ2) is 6.81. The molecule has 4 nitrogen and oxygen atoms in total. The molecule has 1 aromatic heterocycles. The fourth-order valence-electron chi connectivity index (χ4n) is 3.42. The molecular weight excluding hydrogens is 308 g/mol. The average molecular weight is 332 g/mol. The summed E-state index contributed by atoms with van der Waals surface area (Å²) in [4.78, 5) is 12.0. The van der Waals surface area contributed by atoms with E-state index in [4.69, 9.17) is 10.7 Å². The Morgan fingerprint density at radius 3 is 2.56 bits per heavy atom. The van der Waals surface area contributed by atoms with Crippen LogP contribution < -0.4 is 5.73 Å². The Morgan fingerprint density at radius 2 is 1.84 bits per heavy atom. The molecule has 3 aromatic rings. The van der Waals surface area contributed by atoms with Crippen LogP contribution in [0.2, 0.25) is 0 Å². The maximum absolute atomic E-state index is 6.17. The lowest BCUT2D eigenvalue weighted by Crippen LogP contribution is -2.38. The number of nitrogens with two attached hydrogens (primary N) is 1. The SMILES string of the molecule is Cc1c(CCN2CCC2)ccc2nc(N)c(Cc3ccccc3)nc12. The second-order valence-corrected chi connectivity index (χ2v) is 6.88. The fraction of sp³-hybridized carbons (Fsp3) is 0.333. The van der Waals surface area contributed by atoms with E-state index < -0.39 is 0 Å². The molecule has 2 aromatic carbocycles. The van der Waals surface area contributed by atoms with Gasteiger partial charge in [-0.2, -0.15) is 0 Å². The predicted octanol–water partition coefficient (Wildman–Crippen LogP) is 3.36. The summed E-state index contributed by atoms with van der Waals surface area (Å²) in [5, 5.41) is 0. The number of benzene rings is 2. The molecule has 0 amide bonds. The summed E-state index contributed by atoms with van der Waals surface area (Å²) in [5.41, 5.74) is 12.7. The molecule has 0 saturated carbocycles. The van der Waals surface area contributed by atoms with Gasteiger partial charge in [-0.15, -0.1) is 0 Å². The van der Waals surface area contributed by atoms with Crippen molar-refractivity contribution in [2.45, 2.75) is 26.2 Å². The van der Waals surface area contributed by atoms with Gasteiger partial charge >= 0.3 is 0 Å². The van der Waals surface area contributed by atoms with Crippen molar-refractivity contribution in [3.63, 3.8) is 0 Å². The summed E-state index contributed by atoms with van der Waals surface area (Å²) >= 11 is 0. The molecule has 128 valence electrons. The quantitative estimate of drug-likeness (QED) is 0.778. The van der Waals surface area contributed by atoms with E-state index in [0.29, 0.717) is 12.2 Å². The highest BCUT2D eigenvalue weighted by Crippen LogP contribution is 2.23. The minimum absolute atomic E-state index is 0.532. The van der Waals surface area contributed by atoms with Crippen molar-refractivity contribution in [2.24, 2.45) is 0 Å². The number of rotatable bonds is 5. The van der Waals surface area contributed by atoms with Crippen molar-refractivity contribution in [3.05, 3.63) is 64.8 Å². The van der Waals surface area contributed by atoms with E-state index in [0.717, 1.165) is 29.7 Å². The number of nitrogens with zero attached hydrogens (tertiary/aromatic N) is 3. The number of likely N-dealkylation sites (tertiary alicyclic amines) is 1. The van der Waals surface area contributed by atoms with Crippen molar-refractivity contribution in [3.8, 4) is 0 Å². The number of hydrogen-bond acceptors (Lipinski definition) is 4. The third kappa shape index (κ3) is 3.35. The van der Waals surface area contributed by atoms with Crippen molar-refractivity contribution in [2.75, 3.05) is 25.4 Å². The smallest absolute Gasteiger partial charge is 0.146 e. The van der Waals surface area contributed by atoms with Crippen LogP contribution in [0.1, 0.15) is 28.8 Å². The Bertz CT molecular complexity index is 885. The van der Waals surface area contributed by atoms with Gasteiger partial charge in [0, 0.05) is 13.0 Å². The van der Waals surface area contributed by atoms with Gasteiger partial charge in [0.25, 0.3) is 0 Å². The number of fused-ring (bicyclic) bond motifs is 1. The van der Waals surface area contributed by atoms with Crippen molar-refractivity contribution in [1.29, 1.82) is 0 Å². The maximum atomic E-state index is 6.17. The molecule has 4 rings (SSSR count). The first kappa shape index (κ1) is 16.0. The maximum Gasteiger partial charge on any atom is 0.146 e. The van der Waals surface area contributed by atoms with Crippen LogP contribution in [0.25, 0.3) is 11.0 Å². The van der Waals surface area contributed by atoms with Crippen LogP contribution in [0.4, 0.5) is 5.82 Å². The molecular formula is C21H24N4. The van der Waals surface area contributed by atoms with Crippen molar-refractivity contribution >= 4 is 16.9 Å². The van der Waals surface area contributed by atoms with Crippen LogP contribution in [0.15, 0.2) is 42.5 Å². The number of anilines is 1. The molecule has 1 fully saturated rings. The van der Waals surface area contributed by atoms with Crippen LogP contribution in [0.3, 0.4) is 0 Å². The zero-order chi connectivity index (χ0) is 17.2. The Morgan fingerprint density at radius 1 is 1.04 bits per heavy atom. The van der Waals surface area contributed by atoms with E-state index in [2.05, 4.69) is 41.1 Å². The fourth-order valence-corrected chi connectivity index (χ4v) is 3.42. The number of aromatic nitrogens is 2. The lowest BCUT2D eigenvalue weighted by atomic mass is 10.0. The van der Waals surface area contributed by atoms with Crippen LogP contribution in [-0.4, -0.2) is 34.5 Å². The highest BCUT2D eigenvalue weighted by molar-refractivity contribution is 5.80. The van der Waals surface area contributed by atoms with E-state index in [1.54, 1.807) is 0 Å². The molecule has 1 aliphatic rings. The third-order valence-electron chi connectivity index (χ3n) is 5.17. The molecule has 1 saturated heterocycles. The van der Waals surface area contributed by atoms with Gasteiger partial charge in [-0.25, -0.2) is 9.97 Å². The highest BCUT2D eigenvalue weighted by Gasteiger charge is 2.15. The van der Waals surface area contributed by atoms with Gasteiger partial charge in [-0.3, -0.25) is 0 Å². The van der Waals surface area contributed by atoms with Crippen LogP contribution in [-0.2, 0) is 12.8 Å². The van der Waals surface area contributed by atoms with Gasteiger partial charge < -0.3 is 10.6 Å². The van der Waals surface area contributed by atoms with Gasteiger partial charge in [0.05, 0.1) is 16.7 Å². The first-order valence-corrected chi connectivity index (χ1v) is 9.01. The minimum atomic E-state index is 0.532. The molecule has 0 atom stereocenters. The van der Waals surface area contributed by atoms with Gasteiger partial charge in [-0.1, -0.05) is 36.4 Å². The Hall–Kier alpha value is -2.46. The topological polar surface area (TPSA) is 55.0 Å². The third-order valence-corrected chi connectivity index (χ3v) is 5.17. The number of hydrogen-bond donors (Lipinski definition) is 1. The molecule has 0 spiro atoms. The molecule has 2 N–H and O–H groups in total. The molecule has 25 heavy (non-hydrogen) atoms. The molecule has 4 heteroatoms. The van der Waals surface area contributed by atoms with E-state index in [-0.39, 0.29) is 0 Å². The standard InChI is InChI=1S/C21H24N4/c1-15-17(10-13-25-11-5-12-25)8-9-18-20(15)23-19(21(22)24-18)14-16-6-3-2-4-7-16/h2-4,6-9H,5,10-14H2,1H3,(H2,22,24). The zero-order valence-corrected chi connectivity index (χ0v) is 14.7. The summed E-state index contributed by atoms with van der Waals surface area (Å²) in [6.07, 6.45) is 3.12. The predicted molar refractivity (Wildman–Crippen MR) is 103 cm³/mol. The van der Waals surface area contributed by atoms with E-state index in [1.165, 1.54) is 36.2 Å². The molecule has 0 unspecified atom stereocenters. The van der Waals surface area contributed by atoms with Crippen molar-refractivity contribution in [1.82, 2.24) is 14.9 Å². The summed E-state index contributed by atoms with van der Waals surface area (Å²) in [6.45, 7) is 5.77. The van der Waals surface area contributed by atoms with Gasteiger partial charge in [0.1, 0.15) is 5.82 Å². The number of nitrogen functional groups attached to an aromatic ring is 1. The molecule has 1 aliphatic heterocycles. The van der Waals surface area contributed by atoms with Crippen molar-refractivity contribution < 1.29 is 0 Å². The van der Waals surface area contributed by atoms with E-state index in [9.17, 15) is 0 Å². The normalized spacial score (nSPS) is 14.6. The monoisotopic (exact) mass is 332 g/mol. The van der Waals surface area contributed by atoms with Crippen LogP contribution in [0, 0.1) is 6.92 Å². The van der Waals surface area contributed by atoms with E-state index >= 15 is 0 Å². The summed E-state index contributed by atoms with van der Waals surface area (Å²) in [5.74, 6) is 0.532. The Labute approximate surface area is 148 Å². The first-order valence-electron chi connectivity index (χ1n) is 9.01. The summed E-state index contributed by atoms with van der Waals surface area (Å²) in [7, 11) is 0. The van der Waals surface area contributed by atoms with Gasteiger partial charge in [-0.05, 0) is 55.6 Å². The lowest BCUT2D eigenvalue weighted by molar-refractivity contribution is 0.184. The molecule has 2 heterocycles. The molecule has 0 bridgehead atoms. The molecule has 0 aliphatic carbocycles. The summed E-state index contributed by atoms with van der Waals surface area (Å²) in [6, 6.07) is 14.5. The average Bonchev–Trinajstić information content (AvgIpc) is 2.58. The van der Waals surface area contributed by atoms with Gasteiger partial charge in [0.15, 0.2) is 0 Å². The summed E-state index contributed by atoms with van der Waals surface area (Å²) < 4.78 is 0. The second-order valence-electron chi connectivity index (χ2n) is 6.88. The van der Waals surface area contributed by atoms with Gasteiger partial charge in [0.2, 0.25) is 0 Å². The zero-order valence-electron chi connectivity index (χ0n) is 14.7. The first-order chi connectivity index (χ1) is 12.2. The minimum Gasteiger partial charge on any atom is -0.382 e. The Balaban J connectivity index is 1.65. The van der Waals surface area contributed by atoms with Crippen LogP contribution >= 0.6 is 0 Å². The Kier molecular flexibility index (Phi) is 4.36. The number of aryl methyl sites for hydroxylation is 1. The molecule has 0 radical (unpaired) electrons. The largest absolute Gasteiger partial charge is 0.382 e. The highest BCUT2D eigenvalue weighted by atomic mass is 15.2. The lowest BCUT2D eigenvalue weighted by Gasteiger charge is -2.30. The van der Waals surface area contributed by atoms with Crippen LogP contribution in [0.5, 0.6) is 0 Å². The van der Waals surface area contributed by atoms with E-state index in [1.807, 2.05) is 18.2 Å².